The Balaban J connectivity index is 2.07. The molecule has 2 bridgehead atoms. The molecule has 90 valence electrons. The summed E-state index contributed by atoms with van der Waals surface area (Å²) in [5, 5.41) is 0.596. The second-order valence-electron chi connectivity index (χ2n) is 5.30. The van der Waals surface area contributed by atoms with Gasteiger partial charge in [-0.3, -0.25) is 9.00 Å². The van der Waals surface area contributed by atoms with Crippen LogP contribution in [-0.2, 0) is 15.6 Å². The number of carbonyl (C=O) groups is 1. The molecule has 16 heavy (non-hydrogen) atoms. The van der Waals surface area contributed by atoms with Crippen molar-refractivity contribution in [3.8, 4) is 0 Å². The molecule has 2 rings (SSSR count). The van der Waals surface area contributed by atoms with Gasteiger partial charge in [-0.2, -0.15) is 0 Å². The minimum Gasteiger partial charge on any atom is -0.295 e. The summed E-state index contributed by atoms with van der Waals surface area (Å²) in [7, 11) is -0.659. The molecule has 0 spiro atoms. The van der Waals surface area contributed by atoms with Crippen LogP contribution in [0.15, 0.2) is 11.6 Å². The van der Waals surface area contributed by atoms with Crippen molar-refractivity contribution in [2.24, 2.45) is 5.92 Å². The molecule has 2 nitrogen and oxygen atoms in total. The molecule has 3 heteroatoms. The van der Waals surface area contributed by atoms with Gasteiger partial charge < -0.3 is 0 Å². The molecular formula is C13H20O2S. The fraction of sp³-hybridized carbons (Fsp3) is 0.769. The van der Waals surface area contributed by atoms with Crippen LogP contribution in [0.5, 0.6) is 0 Å². The van der Waals surface area contributed by atoms with Gasteiger partial charge in [0.2, 0.25) is 0 Å². The Labute approximate surface area is 100.0 Å². The average Bonchev–Trinajstić information content (AvgIpc) is 2.15. The van der Waals surface area contributed by atoms with Gasteiger partial charge in [0.1, 0.15) is 0 Å². The topological polar surface area (TPSA) is 34.1 Å². The molecule has 2 aliphatic heterocycles. The van der Waals surface area contributed by atoms with Gasteiger partial charge in [-0.25, -0.2) is 0 Å². The van der Waals surface area contributed by atoms with Gasteiger partial charge in [0.05, 0.1) is 0 Å². The molecule has 0 aromatic heterocycles. The monoisotopic (exact) mass is 240 g/mol. The molecule has 2 fully saturated rings. The Hall–Kier alpha value is -0.440. The fourth-order valence-electron chi connectivity index (χ4n) is 2.87. The third-order valence-corrected chi connectivity index (χ3v) is 5.81. The fourth-order valence-corrected chi connectivity index (χ4v) is 5.05. The lowest BCUT2D eigenvalue weighted by Gasteiger charge is -2.37. The Morgan fingerprint density at radius 1 is 1.19 bits per heavy atom. The zero-order valence-corrected chi connectivity index (χ0v) is 10.9. The number of ketones is 1. The number of fused-ring (bicyclic) bond motifs is 2. The molecule has 2 unspecified atom stereocenters. The Bertz CT molecular complexity index is 326. The first kappa shape index (κ1) is 12.0. The molecule has 0 N–H and O–H groups in total. The van der Waals surface area contributed by atoms with Crippen LogP contribution in [0.4, 0.5) is 0 Å². The smallest absolute Gasteiger partial charge is 0.158 e. The number of allylic oxidation sites excluding steroid dienone is 2. The predicted octanol–water partition coefficient (Wildman–Crippen LogP) is 2.60. The highest BCUT2D eigenvalue weighted by Gasteiger charge is 2.39. The van der Waals surface area contributed by atoms with Crippen molar-refractivity contribution >= 4 is 16.6 Å². The summed E-state index contributed by atoms with van der Waals surface area (Å²) in [5.74, 6) is 0.400. The minimum absolute atomic E-state index is 0.142. The molecule has 2 atom stereocenters. The van der Waals surface area contributed by atoms with E-state index in [1.54, 1.807) is 6.08 Å². The zero-order chi connectivity index (χ0) is 11.7. The largest absolute Gasteiger partial charge is 0.295 e. The maximum absolute atomic E-state index is 12.0. The summed E-state index contributed by atoms with van der Waals surface area (Å²) in [5.41, 5.74) is 1.07. The van der Waals surface area contributed by atoms with Gasteiger partial charge in [0, 0.05) is 27.2 Å². The molecule has 0 aromatic carbocycles. The van der Waals surface area contributed by atoms with Crippen LogP contribution in [0.25, 0.3) is 0 Å². The number of carbonyl (C=O) groups excluding carboxylic acids is 1. The normalized spacial score (nSPS) is 37.9. The minimum atomic E-state index is -0.659. The highest BCUT2D eigenvalue weighted by Crippen LogP contribution is 2.37. The lowest BCUT2D eigenvalue weighted by Crippen LogP contribution is -2.41. The summed E-state index contributed by atoms with van der Waals surface area (Å²) in [6, 6.07) is 0. The first-order valence-corrected chi connectivity index (χ1v) is 7.43. The van der Waals surface area contributed by atoms with Gasteiger partial charge in [-0.1, -0.05) is 12.0 Å². The molecule has 2 heterocycles. The molecule has 0 saturated carbocycles. The van der Waals surface area contributed by atoms with Crippen molar-refractivity contribution in [1.82, 2.24) is 0 Å². The van der Waals surface area contributed by atoms with Gasteiger partial charge in [0.25, 0.3) is 0 Å². The third-order valence-electron chi connectivity index (χ3n) is 3.64. The van der Waals surface area contributed by atoms with E-state index in [-0.39, 0.29) is 11.7 Å². The number of rotatable bonds is 2. The summed E-state index contributed by atoms with van der Waals surface area (Å²) >= 11 is 0. The molecule has 0 aliphatic carbocycles. The van der Waals surface area contributed by atoms with Gasteiger partial charge in [0.15, 0.2) is 5.78 Å². The standard InChI is InChI=1S/C13H20O2S/c1-9(2)6-13(14)10-7-11-4-3-5-12(8-10)16(11)15/h6,10-12H,3-5,7-8H2,1-2H3. The Morgan fingerprint density at radius 2 is 1.75 bits per heavy atom. The van der Waals surface area contributed by atoms with Crippen LogP contribution in [0.3, 0.4) is 0 Å². The van der Waals surface area contributed by atoms with Crippen molar-refractivity contribution in [3.63, 3.8) is 0 Å². The van der Waals surface area contributed by atoms with Crippen LogP contribution in [0.2, 0.25) is 0 Å². The van der Waals surface area contributed by atoms with Crippen LogP contribution in [0, 0.1) is 5.92 Å². The lowest BCUT2D eigenvalue weighted by atomic mass is 9.86. The summed E-state index contributed by atoms with van der Waals surface area (Å²) in [4.78, 5) is 12.0. The molecule has 0 aromatic rings. The van der Waals surface area contributed by atoms with Crippen LogP contribution in [0.1, 0.15) is 46.0 Å². The molecular weight excluding hydrogens is 220 g/mol. The maximum Gasteiger partial charge on any atom is 0.158 e. The SMILES string of the molecule is CC(C)=CC(=O)C1CC2CCCC(C1)S2=O. The van der Waals surface area contributed by atoms with E-state index in [0.29, 0.717) is 10.5 Å². The van der Waals surface area contributed by atoms with E-state index < -0.39 is 10.8 Å². The van der Waals surface area contributed by atoms with E-state index in [9.17, 15) is 9.00 Å². The van der Waals surface area contributed by atoms with Gasteiger partial charge in [-0.05, 0) is 45.6 Å². The van der Waals surface area contributed by atoms with Crippen molar-refractivity contribution in [2.75, 3.05) is 0 Å². The van der Waals surface area contributed by atoms with Crippen molar-refractivity contribution in [1.29, 1.82) is 0 Å². The van der Waals surface area contributed by atoms with Crippen LogP contribution >= 0.6 is 0 Å². The first-order chi connectivity index (χ1) is 7.58. The molecule has 2 saturated heterocycles. The van der Waals surface area contributed by atoms with Gasteiger partial charge >= 0.3 is 0 Å². The molecule has 0 radical (unpaired) electrons. The Kier molecular flexibility index (Phi) is 3.63. The first-order valence-electron chi connectivity index (χ1n) is 6.16. The lowest BCUT2D eigenvalue weighted by molar-refractivity contribution is -0.118. The summed E-state index contributed by atoms with van der Waals surface area (Å²) < 4.78 is 12.0. The number of hydrogen-bond acceptors (Lipinski definition) is 2. The average molecular weight is 240 g/mol. The third kappa shape index (κ3) is 2.45. The van der Waals surface area contributed by atoms with E-state index in [1.807, 2.05) is 13.8 Å². The van der Waals surface area contributed by atoms with E-state index in [1.165, 1.54) is 6.42 Å². The quantitative estimate of drug-likeness (QED) is 0.695. The summed E-state index contributed by atoms with van der Waals surface area (Å²) in [6.45, 7) is 3.92. The predicted molar refractivity (Wildman–Crippen MR) is 66.7 cm³/mol. The van der Waals surface area contributed by atoms with E-state index in [0.717, 1.165) is 31.3 Å². The maximum atomic E-state index is 12.0. The van der Waals surface area contributed by atoms with Crippen molar-refractivity contribution in [3.05, 3.63) is 11.6 Å². The van der Waals surface area contributed by atoms with E-state index in [2.05, 4.69) is 0 Å². The van der Waals surface area contributed by atoms with E-state index in [4.69, 9.17) is 0 Å². The Morgan fingerprint density at radius 3 is 2.25 bits per heavy atom. The second kappa shape index (κ2) is 4.82. The van der Waals surface area contributed by atoms with Crippen molar-refractivity contribution < 1.29 is 9.00 Å². The number of hydrogen-bond donors (Lipinski definition) is 0. The zero-order valence-electron chi connectivity index (χ0n) is 10.1. The van der Waals surface area contributed by atoms with Gasteiger partial charge in [-0.15, -0.1) is 0 Å². The van der Waals surface area contributed by atoms with Crippen molar-refractivity contribution in [2.45, 2.75) is 56.5 Å². The van der Waals surface area contributed by atoms with Crippen LogP contribution < -0.4 is 0 Å². The molecule has 2 aliphatic rings. The highest BCUT2D eigenvalue weighted by atomic mass is 32.2. The summed E-state index contributed by atoms with van der Waals surface area (Å²) in [6.07, 6.45) is 6.78. The van der Waals surface area contributed by atoms with E-state index >= 15 is 0 Å². The van der Waals surface area contributed by atoms with Crippen LogP contribution in [-0.4, -0.2) is 20.5 Å². The molecule has 0 amide bonds. The second-order valence-corrected chi connectivity index (χ2v) is 7.29. The highest BCUT2D eigenvalue weighted by molar-refractivity contribution is 7.86.